The molecule has 2 nitrogen and oxygen atoms in total. The number of halogens is 1. The van der Waals surface area contributed by atoms with Crippen molar-refractivity contribution in [3.63, 3.8) is 0 Å². The van der Waals surface area contributed by atoms with Gasteiger partial charge in [-0.3, -0.25) is 0 Å². The van der Waals surface area contributed by atoms with Crippen LogP contribution in [-0.2, 0) is 12.0 Å². The van der Waals surface area contributed by atoms with Crippen LogP contribution in [0.3, 0.4) is 0 Å². The summed E-state index contributed by atoms with van der Waals surface area (Å²) in [7, 11) is 1.63. The van der Waals surface area contributed by atoms with Crippen LogP contribution in [0.5, 0.6) is 5.75 Å². The first-order valence-electron chi connectivity index (χ1n) is 6.69. The first-order valence-corrected chi connectivity index (χ1v) is 7.07. The lowest BCUT2D eigenvalue weighted by molar-refractivity contribution is 0.0322. The molecule has 1 N–H and O–H groups in total. The first-order chi connectivity index (χ1) is 9.59. The number of methoxy groups -OCH3 is 1. The van der Waals surface area contributed by atoms with E-state index in [9.17, 15) is 5.11 Å². The lowest BCUT2D eigenvalue weighted by Gasteiger charge is -2.28. The highest BCUT2D eigenvalue weighted by Crippen LogP contribution is 2.33. The van der Waals surface area contributed by atoms with Crippen molar-refractivity contribution in [2.24, 2.45) is 0 Å². The van der Waals surface area contributed by atoms with E-state index in [1.54, 1.807) is 13.2 Å². The highest BCUT2D eigenvalue weighted by molar-refractivity contribution is 6.30. The minimum Gasteiger partial charge on any atom is -0.496 e. The highest BCUT2D eigenvalue weighted by atomic mass is 35.5. The van der Waals surface area contributed by atoms with E-state index in [0.717, 1.165) is 16.9 Å². The van der Waals surface area contributed by atoms with Crippen molar-refractivity contribution in [3.8, 4) is 5.75 Å². The van der Waals surface area contributed by atoms with Crippen LogP contribution in [0, 0.1) is 0 Å². The molecule has 0 amide bonds. The molecule has 106 valence electrons. The van der Waals surface area contributed by atoms with Gasteiger partial charge in [-0.05, 0) is 35.7 Å². The average Bonchev–Trinajstić information content (AvgIpc) is 2.48. The molecule has 2 aromatic carbocycles. The summed E-state index contributed by atoms with van der Waals surface area (Å²) in [5.74, 6) is 0.747. The van der Waals surface area contributed by atoms with Gasteiger partial charge in [0.15, 0.2) is 0 Å². The molecule has 1 unspecified atom stereocenters. The number of ether oxygens (including phenoxy) is 1. The Kier molecular flexibility index (Phi) is 4.69. The van der Waals surface area contributed by atoms with Crippen LogP contribution in [0.2, 0.25) is 5.02 Å². The zero-order valence-electron chi connectivity index (χ0n) is 11.8. The molecule has 0 radical (unpaired) electrons. The standard InChI is InChI=1S/C17H19ClO2/c1-3-17(19,14-7-5-4-6-8-14)12-13-11-15(18)9-10-16(13)20-2/h4-11,19H,3,12H2,1-2H3. The number of hydrogen-bond donors (Lipinski definition) is 1. The molecule has 0 saturated heterocycles. The van der Waals surface area contributed by atoms with Gasteiger partial charge in [0.1, 0.15) is 5.75 Å². The molecule has 20 heavy (non-hydrogen) atoms. The molecule has 2 rings (SSSR count). The lowest BCUT2D eigenvalue weighted by Crippen LogP contribution is -2.27. The topological polar surface area (TPSA) is 29.5 Å². The van der Waals surface area contributed by atoms with E-state index in [-0.39, 0.29) is 0 Å². The third-order valence-corrected chi connectivity index (χ3v) is 3.86. The largest absolute Gasteiger partial charge is 0.496 e. The highest BCUT2D eigenvalue weighted by Gasteiger charge is 2.28. The maximum absolute atomic E-state index is 11.0. The molecule has 0 spiro atoms. The Morgan fingerprint density at radius 1 is 1.15 bits per heavy atom. The van der Waals surface area contributed by atoms with Crippen molar-refractivity contribution in [2.75, 3.05) is 7.11 Å². The Labute approximate surface area is 125 Å². The normalized spacial score (nSPS) is 13.8. The summed E-state index contributed by atoms with van der Waals surface area (Å²) >= 11 is 6.05. The molecule has 0 aliphatic heterocycles. The van der Waals surface area contributed by atoms with E-state index < -0.39 is 5.60 Å². The van der Waals surface area contributed by atoms with Crippen molar-refractivity contribution in [1.29, 1.82) is 0 Å². The van der Waals surface area contributed by atoms with Crippen molar-refractivity contribution in [1.82, 2.24) is 0 Å². The number of aliphatic hydroxyl groups is 1. The Balaban J connectivity index is 2.38. The summed E-state index contributed by atoms with van der Waals surface area (Å²) in [6.45, 7) is 1.98. The van der Waals surface area contributed by atoms with Crippen LogP contribution < -0.4 is 4.74 Å². The number of hydrogen-bond acceptors (Lipinski definition) is 2. The van der Waals surface area contributed by atoms with Gasteiger partial charge in [-0.1, -0.05) is 48.9 Å². The van der Waals surface area contributed by atoms with Crippen molar-refractivity contribution in [3.05, 3.63) is 64.7 Å². The summed E-state index contributed by atoms with van der Waals surface area (Å²) in [4.78, 5) is 0. The predicted octanol–water partition coefficient (Wildman–Crippen LogP) is 4.19. The Morgan fingerprint density at radius 3 is 2.45 bits per heavy atom. The quantitative estimate of drug-likeness (QED) is 0.895. The van der Waals surface area contributed by atoms with Crippen LogP contribution in [-0.4, -0.2) is 12.2 Å². The molecular weight excluding hydrogens is 272 g/mol. The van der Waals surface area contributed by atoms with Crippen LogP contribution in [0.1, 0.15) is 24.5 Å². The fourth-order valence-electron chi connectivity index (χ4n) is 2.38. The summed E-state index contributed by atoms with van der Waals surface area (Å²) < 4.78 is 5.36. The molecule has 0 saturated carbocycles. The second kappa shape index (κ2) is 6.29. The predicted molar refractivity (Wildman–Crippen MR) is 82.3 cm³/mol. The maximum Gasteiger partial charge on any atom is 0.122 e. The van der Waals surface area contributed by atoms with Crippen LogP contribution in [0.4, 0.5) is 0 Å². The zero-order chi connectivity index (χ0) is 14.6. The van der Waals surface area contributed by atoms with Gasteiger partial charge in [-0.15, -0.1) is 0 Å². The molecular formula is C17H19ClO2. The average molecular weight is 291 g/mol. The van der Waals surface area contributed by atoms with Crippen LogP contribution >= 0.6 is 11.6 Å². The molecule has 0 heterocycles. The molecule has 0 aliphatic rings. The minimum atomic E-state index is -0.917. The maximum atomic E-state index is 11.0. The van der Waals surface area contributed by atoms with E-state index in [2.05, 4.69) is 0 Å². The summed E-state index contributed by atoms with van der Waals surface area (Å²) in [6, 6.07) is 15.2. The monoisotopic (exact) mass is 290 g/mol. The molecule has 0 fully saturated rings. The van der Waals surface area contributed by atoms with Gasteiger partial charge in [0.25, 0.3) is 0 Å². The SMILES string of the molecule is CCC(O)(Cc1cc(Cl)ccc1OC)c1ccccc1. The van der Waals surface area contributed by atoms with Gasteiger partial charge < -0.3 is 9.84 Å². The van der Waals surface area contributed by atoms with E-state index in [0.29, 0.717) is 17.9 Å². The van der Waals surface area contributed by atoms with Crippen molar-refractivity contribution in [2.45, 2.75) is 25.4 Å². The first kappa shape index (κ1) is 14.9. The van der Waals surface area contributed by atoms with Crippen molar-refractivity contribution < 1.29 is 9.84 Å². The van der Waals surface area contributed by atoms with Gasteiger partial charge in [0, 0.05) is 11.4 Å². The third-order valence-electron chi connectivity index (χ3n) is 3.62. The van der Waals surface area contributed by atoms with Crippen molar-refractivity contribution >= 4 is 11.6 Å². The lowest BCUT2D eigenvalue weighted by atomic mass is 9.85. The molecule has 1 atom stereocenters. The van der Waals surface area contributed by atoms with Gasteiger partial charge in [0.2, 0.25) is 0 Å². The van der Waals surface area contributed by atoms with Gasteiger partial charge >= 0.3 is 0 Å². The molecule has 0 bridgehead atoms. The van der Waals surface area contributed by atoms with E-state index in [1.165, 1.54) is 0 Å². The number of rotatable bonds is 5. The van der Waals surface area contributed by atoms with Crippen LogP contribution in [0.15, 0.2) is 48.5 Å². The summed E-state index contributed by atoms with van der Waals surface area (Å²) in [5, 5.41) is 11.6. The van der Waals surface area contributed by atoms with Gasteiger partial charge in [-0.25, -0.2) is 0 Å². The van der Waals surface area contributed by atoms with Crippen LogP contribution in [0.25, 0.3) is 0 Å². The fourth-order valence-corrected chi connectivity index (χ4v) is 2.57. The van der Waals surface area contributed by atoms with Gasteiger partial charge in [0.05, 0.1) is 12.7 Å². The molecule has 2 aromatic rings. The molecule has 3 heteroatoms. The smallest absolute Gasteiger partial charge is 0.122 e. The second-order valence-corrected chi connectivity index (χ2v) is 5.32. The summed E-state index contributed by atoms with van der Waals surface area (Å²) in [5.41, 5.74) is 0.900. The zero-order valence-corrected chi connectivity index (χ0v) is 12.5. The fraction of sp³-hybridized carbons (Fsp3) is 0.294. The molecule has 0 aromatic heterocycles. The molecule has 0 aliphatic carbocycles. The second-order valence-electron chi connectivity index (χ2n) is 4.88. The summed E-state index contributed by atoms with van der Waals surface area (Å²) in [6.07, 6.45) is 1.09. The number of benzene rings is 2. The Morgan fingerprint density at radius 2 is 1.85 bits per heavy atom. The van der Waals surface area contributed by atoms with Gasteiger partial charge in [-0.2, -0.15) is 0 Å². The third kappa shape index (κ3) is 3.14. The van der Waals surface area contributed by atoms with E-state index in [4.69, 9.17) is 16.3 Å². The van der Waals surface area contributed by atoms with E-state index in [1.807, 2.05) is 49.4 Å². The van der Waals surface area contributed by atoms with E-state index >= 15 is 0 Å². The Hall–Kier alpha value is -1.51. The minimum absolute atomic E-state index is 0.469. The Bertz CT molecular complexity index is 568.